The van der Waals surface area contributed by atoms with E-state index in [0.29, 0.717) is 27.3 Å². The van der Waals surface area contributed by atoms with Crippen molar-refractivity contribution < 1.29 is 43.1 Å². The Bertz CT molecular complexity index is 987. The maximum Gasteiger partial charge on any atom is 0.573 e. The Morgan fingerprint density at radius 3 is 2.44 bits per heavy atom. The Morgan fingerprint density at radius 1 is 1.12 bits per heavy atom. The second kappa shape index (κ2) is 8.68. The third-order valence-corrected chi connectivity index (χ3v) is 7.60. The van der Waals surface area contributed by atoms with Crippen LogP contribution in [0.25, 0.3) is 0 Å². The molecule has 0 amide bonds. The number of hydrogen-bond donors (Lipinski definition) is 4. The first-order valence-electron chi connectivity index (χ1n) is 9.67. The standard InChI is InChI=1S/C21H20ClF3O6S/c22-15-7-12-9-30-20(19(29)18(28)17(27)16(8-26)32-20)14(12)6-11(15)5-10-1-3-13(4-2-10)31-21(23,24)25/h1-4,6-7,16-19,26-29H,5,8-9H2/t16-,17-,18+,19-,20+/m1/s1. The molecule has 1 fully saturated rings. The first-order chi connectivity index (χ1) is 15.0. The number of thioether (sulfide) groups is 1. The summed E-state index contributed by atoms with van der Waals surface area (Å²) in [4.78, 5) is -1.40. The molecule has 2 heterocycles. The van der Waals surface area contributed by atoms with Crippen molar-refractivity contribution in [1.82, 2.24) is 0 Å². The molecule has 1 saturated heterocycles. The van der Waals surface area contributed by atoms with Gasteiger partial charge in [-0.05, 0) is 47.4 Å². The first kappa shape index (κ1) is 23.6. The van der Waals surface area contributed by atoms with Crippen molar-refractivity contribution in [2.75, 3.05) is 6.61 Å². The summed E-state index contributed by atoms with van der Waals surface area (Å²) in [6.45, 7) is -0.313. The number of aliphatic hydroxyl groups excluding tert-OH is 4. The second-order valence-electron chi connectivity index (χ2n) is 7.69. The molecule has 0 unspecified atom stereocenters. The van der Waals surface area contributed by atoms with Crippen LogP contribution in [-0.2, 0) is 22.7 Å². The largest absolute Gasteiger partial charge is 0.573 e. The summed E-state index contributed by atoms with van der Waals surface area (Å²) in [5.41, 5.74) is 2.57. The Labute approximate surface area is 190 Å². The van der Waals surface area contributed by atoms with Gasteiger partial charge in [0.15, 0.2) is 4.93 Å². The van der Waals surface area contributed by atoms with Crippen molar-refractivity contribution in [3.05, 3.63) is 63.7 Å². The molecule has 6 nitrogen and oxygen atoms in total. The van der Waals surface area contributed by atoms with E-state index in [1.54, 1.807) is 12.1 Å². The first-order valence-corrected chi connectivity index (χ1v) is 10.9. The van der Waals surface area contributed by atoms with Crippen molar-refractivity contribution in [2.45, 2.75) is 47.9 Å². The monoisotopic (exact) mass is 492 g/mol. The van der Waals surface area contributed by atoms with Crippen LogP contribution in [0, 0.1) is 0 Å². The van der Waals surface area contributed by atoms with Gasteiger partial charge in [-0.3, -0.25) is 0 Å². The van der Waals surface area contributed by atoms with Gasteiger partial charge in [-0.1, -0.05) is 23.7 Å². The number of fused-ring (bicyclic) bond motifs is 2. The fraction of sp³-hybridized carbons (Fsp3) is 0.429. The summed E-state index contributed by atoms with van der Waals surface area (Å²) in [6, 6.07) is 8.80. The molecule has 1 spiro atoms. The highest BCUT2D eigenvalue weighted by Gasteiger charge is 2.57. The van der Waals surface area contributed by atoms with E-state index in [-0.39, 0.29) is 18.8 Å². The average Bonchev–Trinajstić information content (AvgIpc) is 3.08. The van der Waals surface area contributed by atoms with Crippen molar-refractivity contribution >= 4 is 23.4 Å². The number of halogens is 4. The fourth-order valence-corrected chi connectivity index (χ4v) is 5.81. The lowest BCUT2D eigenvalue weighted by Gasteiger charge is -2.45. The third-order valence-electron chi connectivity index (χ3n) is 5.59. The molecule has 0 saturated carbocycles. The highest BCUT2D eigenvalue weighted by Crippen LogP contribution is 2.54. The van der Waals surface area contributed by atoms with Crippen LogP contribution >= 0.6 is 23.4 Å². The van der Waals surface area contributed by atoms with E-state index in [0.717, 1.165) is 11.8 Å². The van der Waals surface area contributed by atoms with Gasteiger partial charge >= 0.3 is 6.36 Å². The van der Waals surface area contributed by atoms with Crippen LogP contribution in [0.3, 0.4) is 0 Å². The van der Waals surface area contributed by atoms with E-state index in [4.69, 9.17) is 16.3 Å². The number of benzene rings is 2. The van der Waals surface area contributed by atoms with Crippen LogP contribution in [0.4, 0.5) is 13.2 Å². The smallest absolute Gasteiger partial charge is 0.406 e. The van der Waals surface area contributed by atoms with Crippen LogP contribution in [0.2, 0.25) is 5.02 Å². The molecule has 0 aliphatic carbocycles. The SMILES string of the molecule is OC[C@H]1S[C@]2(OCc3cc(Cl)c(Cc4ccc(OC(F)(F)F)cc4)cc32)[C@H](O)[C@@H](O)[C@@H]1O. The number of rotatable bonds is 4. The zero-order valence-corrected chi connectivity index (χ0v) is 18.0. The second-order valence-corrected chi connectivity index (χ2v) is 9.55. The zero-order valence-electron chi connectivity index (χ0n) is 16.4. The van der Waals surface area contributed by atoms with E-state index in [1.165, 1.54) is 24.3 Å². The van der Waals surface area contributed by atoms with Gasteiger partial charge in [0.05, 0.1) is 24.6 Å². The van der Waals surface area contributed by atoms with Crippen molar-refractivity contribution in [2.24, 2.45) is 0 Å². The number of hydrogen-bond acceptors (Lipinski definition) is 7. The van der Waals surface area contributed by atoms with Gasteiger partial charge in [-0.25, -0.2) is 0 Å². The van der Waals surface area contributed by atoms with Gasteiger partial charge in [0.25, 0.3) is 0 Å². The molecule has 2 aromatic carbocycles. The summed E-state index contributed by atoms with van der Waals surface area (Å²) in [7, 11) is 0. The Morgan fingerprint density at radius 2 is 1.81 bits per heavy atom. The molecule has 5 atom stereocenters. The summed E-state index contributed by atoms with van der Waals surface area (Å²) >= 11 is 7.45. The maximum atomic E-state index is 12.4. The fourth-order valence-electron chi connectivity index (χ4n) is 4.01. The zero-order chi connectivity index (χ0) is 23.3. The molecule has 0 aromatic heterocycles. The predicted molar refractivity (Wildman–Crippen MR) is 110 cm³/mol. The van der Waals surface area contributed by atoms with Crippen molar-refractivity contribution in [1.29, 1.82) is 0 Å². The molecule has 174 valence electrons. The quantitative estimate of drug-likeness (QED) is 0.521. The topological polar surface area (TPSA) is 99.4 Å². The van der Waals surface area contributed by atoms with Crippen LogP contribution in [0.5, 0.6) is 5.75 Å². The third kappa shape index (κ3) is 4.33. The minimum Gasteiger partial charge on any atom is -0.406 e. The lowest BCUT2D eigenvalue weighted by Crippen LogP contribution is -2.58. The molecule has 4 N–H and O–H groups in total. The molecular weight excluding hydrogens is 473 g/mol. The average molecular weight is 493 g/mol. The predicted octanol–water partition coefficient (Wildman–Crippen LogP) is 2.70. The molecule has 2 aliphatic rings. The minimum absolute atomic E-state index is 0.115. The van der Waals surface area contributed by atoms with Crippen LogP contribution in [0.1, 0.15) is 22.3 Å². The van der Waals surface area contributed by atoms with Crippen LogP contribution < -0.4 is 4.74 Å². The molecule has 4 rings (SSSR count). The number of aliphatic hydroxyl groups is 4. The minimum atomic E-state index is -4.78. The van der Waals surface area contributed by atoms with E-state index >= 15 is 0 Å². The van der Waals surface area contributed by atoms with Gasteiger partial charge in [0.2, 0.25) is 0 Å². The molecular formula is C21H20ClF3O6S. The summed E-state index contributed by atoms with van der Waals surface area (Å²) in [5, 5.41) is 40.5. The van der Waals surface area contributed by atoms with E-state index in [1.807, 2.05) is 0 Å². The Hall–Kier alpha value is -1.53. The van der Waals surface area contributed by atoms with E-state index < -0.39 is 41.5 Å². The highest BCUT2D eigenvalue weighted by molar-refractivity contribution is 8.00. The molecule has 0 bridgehead atoms. The van der Waals surface area contributed by atoms with Crippen molar-refractivity contribution in [3.8, 4) is 5.75 Å². The van der Waals surface area contributed by atoms with Crippen molar-refractivity contribution in [3.63, 3.8) is 0 Å². The number of alkyl halides is 3. The van der Waals surface area contributed by atoms with Gasteiger partial charge in [0, 0.05) is 10.6 Å². The lowest BCUT2D eigenvalue weighted by atomic mass is 9.91. The van der Waals surface area contributed by atoms with Crippen LogP contribution in [0.15, 0.2) is 36.4 Å². The normalized spacial score (nSPS) is 29.9. The van der Waals surface area contributed by atoms with Gasteiger partial charge < -0.3 is 29.9 Å². The Balaban J connectivity index is 1.64. The lowest BCUT2D eigenvalue weighted by molar-refractivity contribution is -0.274. The van der Waals surface area contributed by atoms with Gasteiger partial charge in [0.1, 0.15) is 18.0 Å². The summed E-state index contributed by atoms with van der Waals surface area (Å²) < 4.78 is 46.8. The maximum absolute atomic E-state index is 12.4. The molecule has 32 heavy (non-hydrogen) atoms. The number of ether oxygens (including phenoxy) is 2. The van der Waals surface area contributed by atoms with Crippen LogP contribution in [-0.4, -0.2) is 57.0 Å². The van der Waals surface area contributed by atoms with E-state index in [9.17, 15) is 33.6 Å². The van der Waals surface area contributed by atoms with Gasteiger partial charge in [-0.2, -0.15) is 0 Å². The molecule has 11 heteroatoms. The summed E-state index contributed by atoms with van der Waals surface area (Å²) in [6.07, 6.45) is -8.81. The van der Waals surface area contributed by atoms with E-state index in [2.05, 4.69) is 4.74 Å². The molecule has 2 aromatic rings. The molecule has 2 aliphatic heterocycles. The molecule has 0 radical (unpaired) electrons. The Kier molecular flexibility index (Phi) is 6.40. The summed E-state index contributed by atoms with van der Waals surface area (Å²) in [5.74, 6) is -0.335. The highest BCUT2D eigenvalue weighted by atomic mass is 35.5. The van der Waals surface area contributed by atoms with Gasteiger partial charge in [-0.15, -0.1) is 24.9 Å².